The highest BCUT2D eigenvalue weighted by atomic mass is 32.1. The number of hydrogen-bond acceptors (Lipinski definition) is 3. The lowest BCUT2D eigenvalue weighted by Crippen LogP contribution is -2.31. The first-order valence-electron chi connectivity index (χ1n) is 6.47. The number of thiocarbonyl (C=S) groups is 1. The minimum atomic E-state index is -0.154. The summed E-state index contributed by atoms with van der Waals surface area (Å²) < 4.78 is 3.58. The van der Waals surface area contributed by atoms with Crippen LogP contribution in [0.4, 0.5) is 0 Å². The van der Waals surface area contributed by atoms with E-state index >= 15 is 0 Å². The maximum absolute atomic E-state index is 12.4. The molecule has 0 aromatic carbocycles. The van der Waals surface area contributed by atoms with E-state index in [4.69, 9.17) is 18.0 Å². The lowest BCUT2D eigenvalue weighted by atomic mass is 10.2. The Hall–Kier alpha value is -1.95. The van der Waals surface area contributed by atoms with Crippen LogP contribution >= 0.6 is 12.2 Å². The number of aryl methyl sites for hydroxylation is 3. The first kappa shape index (κ1) is 14.5. The Balaban J connectivity index is 2.50. The van der Waals surface area contributed by atoms with E-state index in [-0.39, 0.29) is 10.5 Å². The zero-order valence-corrected chi connectivity index (χ0v) is 12.7. The fraction of sp³-hybridized carbons (Fsp3) is 0.357. The van der Waals surface area contributed by atoms with Gasteiger partial charge in [0.15, 0.2) is 0 Å². The lowest BCUT2D eigenvalue weighted by molar-refractivity contribution is 0.586. The monoisotopic (exact) mass is 290 g/mol. The molecule has 0 saturated heterocycles. The lowest BCUT2D eigenvalue weighted by Gasteiger charge is -2.12. The molecular weight excluding hydrogens is 272 g/mol. The molecule has 0 saturated carbocycles. The molecule has 0 atom stereocenters. The van der Waals surface area contributed by atoms with Gasteiger partial charge in [-0.25, -0.2) is 0 Å². The van der Waals surface area contributed by atoms with Gasteiger partial charge in [0.2, 0.25) is 0 Å². The molecule has 0 radical (unpaired) electrons. The number of aromatic nitrogens is 3. The molecule has 0 aliphatic rings. The summed E-state index contributed by atoms with van der Waals surface area (Å²) in [6, 6.07) is 5.52. The summed E-state index contributed by atoms with van der Waals surface area (Å²) in [5.41, 5.74) is 8.62. The Labute approximate surface area is 123 Å². The molecule has 0 aliphatic heterocycles. The van der Waals surface area contributed by atoms with Gasteiger partial charge in [-0.3, -0.25) is 9.48 Å². The van der Waals surface area contributed by atoms with Crippen molar-refractivity contribution in [1.29, 1.82) is 0 Å². The summed E-state index contributed by atoms with van der Waals surface area (Å²) in [6.07, 6.45) is 0. The zero-order valence-electron chi connectivity index (χ0n) is 11.9. The maximum Gasteiger partial charge on any atom is 0.261 e. The summed E-state index contributed by atoms with van der Waals surface area (Å²) >= 11 is 4.92. The second kappa shape index (κ2) is 5.58. The maximum atomic E-state index is 12.4. The van der Waals surface area contributed by atoms with E-state index in [0.29, 0.717) is 12.1 Å². The predicted molar refractivity (Wildman–Crippen MR) is 83.1 cm³/mol. The Kier molecular flexibility index (Phi) is 4.04. The molecule has 0 amide bonds. The molecule has 5 nitrogen and oxygen atoms in total. The van der Waals surface area contributed by atoms with Gasteiger partial charge < -0.3 is 10.3 Å². The van der Waals surface area contributed by atoms with Crippen LogP contribution in [-0.4, -0.2) is 19.3 Å². The Morgan fingerprint density at radius 3 is 2.70 bits per heavy atom. The van der Waals surface area contributed by atoms with Crippen molar-refractivity contribution in [2.45, 2.75) is 33.9 Å². The molecule has 2 aromatic heterocycles. The van der Waals surface area contributed by atoms with Crippen LogP contribution in [0, 0.1) is 13.8 Å². The minimum absolute atomic E-state index is 0.129. The molecule has 20 heavy (non-hydrogen) atoms. The van der Waals surface area contributed by atoms with E-state index in [9.17, 15) is 4.79 Å². The molecule has 0 spiro atoms. The van der Waals surface area contributed by atoms with Crippen molar-refractivity contribution >= 4 is 17.2 Å². The highest BCUT2D eigenvalue weighted by Gasteiger charge is 2.11. The van der Waals surface area contributed by atoms with Crippen molar-refractivity contribution in [2.24, 2.45) is 5.73 Å². The van der Waals surface area contributed by atoms with E-state index in [1.807, 2.05) is 37.6 Å². The summed E-state index contributed by atoms with van der Waals surface area (Å²) in [5.74, 6) is 0. The topological polar surface area (TPSA) is 65.8 Å². The first-order valence-corrected chi connectivity index (χ1v) is 6.88. The molecule has 0 aliphatic carbocycles. The third-order valence-corrected chi connectivity index (χ3v) is 3.48. The second-order valence-electron chi connectivity index (χ2n) is 4.74. The highest BCUT2D eigenvalue weighted by molar-refractivity contribution is 7.80. The van der Waals surface area contributed by atoms with Crippen LogP contribution in [-0.2, 0) is 13.1 Å². The largest absolute Gasteiger partial charge is 0.389 e. The number of nitrogens with zero attached hydrogens (tertiary/aromatic N) is 3. The Bertz CT molecular complexity index is 714. The fourth-order valence-corrected chi connectivity index (χ4v) is 2.37. The van der Waals surface area contributed by atoms with Gasteiger partial charge >= 0.3 is 0 Å². The van der Waals surface area contributed by atoms with E-state index in [2.05, 4.69) is 5.10 Å². The number of hydrogen-bond donors (Lipinski definition) is 1. The second-order valence-corrected chi connectivity index (χ2v) is 5.18. The SMILES string of the molecule is CCn1nc(C)cc1Cn1c(C)ccc(C(N)=S)c1=O. The molecule has 2 heterocycles. The van der Waals surface area contributed by atoms with Crippen LogP contribution in [0.2, 0.25) is 0 Å². The Morgan fingerprint density at radius 2 is 2.10 bits per heavy atom. The normalized spacial score (nSPS) is 10.8. The molecule has 0 unspecified atom stereocenters. The number of pyridine rings is 1. The molecule has 0 fully saturated rings. The van der Waals surface area contributed by atoms with Gasteiger partial charge in [-0.1, -0.05) is 12.2 Å². The van der Waals surface area contributed by atoms with Crippen molar-refractivity contribution in [3.63, 3.8) is 0 Å². The van der Waals surface area contributed by atoms with Crippen molar-refractivity contribution in [1.82, 2.24) is 14.3 Å². The average molecular weight is 290 g/mol. The molecule has 2 rings (SSSR count). The molecule has 2 N–H and O–H groups in total. The number of nitrogens with two attached hydrogens (primary N) is 1. The summed E-state index contributed by atoms with van der Waals surface area (Å²) in [4.78, 5) is 12.5. The van der Waals surface area contributed by atoms with Crippen LogP contribution in [0.3, 0.4) is 0 Å². The number of rotatable bonds is 4. The van der Waals surface area contributed by atoms with Gasteiger partial charge in [-0.15, -0.1) is 0 Å². The molecule has 6 heteroatoms. The molecule has 0 bridgehead atoms. The fourth-order valence-electron chi connectivity index (χ4n) is 2.22. The van der Waals surface area contributed by atoms with E-state index in [1.165, 1.54) is 0 Å². The van der Waals surface area contributed by atoms with Gasteiger partial charge in [-0.2, -0.15) is 5.10 Å². The van der Waals surface area contributed by atoms with Crippen molar-refractivity contribution in [2.75, 3.05) is 0 Å². The van der Waals surface area contributed by atoms with Crippen molar-refractivity contribution in [3.05, 3.63) is 51.2 Å². The first-order chi connectivity index (χ1) is 9.43. The Morgan fingerprint density at radius 1 is 1.40 bits per heavy atom. The summed E-state index contributed by atoms with van der Waals surface area (Å²) in [6.45, 7) is 7.10. The van der Waals surface area contributed by atoms with Gasteiger partial charge in [0.25, 0.3) is 5.56 Å². The molecule has 2 aromatic rings. The van der Waals surface area contributed by atoms with Gasteiger partial charge in [0.1, 0.15) is 4.99 Å². The van der Waals surface area contributed by atoms with Crippen molar-refractivity contribution < 1.29 is 0 Å². The van der Waals surface area contributed by atoms with Crippen LogP contribution < -0.4 is 11.3 Å². The van der Waals surface area contributed by atoms with Crippen LogP contribution in [0.5, 0.6) is 0 Å². The third-order valence-electron chi connectivity index (χ3n) is 3.26. The average Bonchev–Trinajstić information content (AvgIpc) is 2.74. The van der Waals surface area contributed by atoms with Gasteiger partial charge in [-0.05, 0) is 39.0 Å². The van der Waals surface area contributed by atoms with Gasteiger partial charge in [0, 0.05) is 12.2 Å². The van der Waals surface area contributed by atoms with Crippen molar-refractivity contribution in [3.8, 4) is 0 Å². The van der Waals surface area contributed by atoms with Gasteiger partial charge in [0.05, 0.1) is 23.5 Å². The van der Waals surface area contributed by atoms with E-state index in [0.717, 1.165) is 23.6 Å². The van der Waals surface area contributed by atoms with Crippen LogP contribution in [0.15, 0.2) is 23.0 Å². The highest BCUT2D eigenvalue weighted by Crippen LogP contribution is 2.08. The quantitative estimate of drug-likeness (QED) is 0.864. The predicted octanol–water partition coefficient (Wildman–Crippen LogP) is 1.36. The summed E-state index contributed by atoms with van der Waals surface area (Å²) in [7, 11) is 0. The molecule has 106 valence electrons. The zero-order chi connectivity index (χ0) is 14.9. The third kappa shape index (κ3) is 2.65. The smallest absolute Gasteiger partial charge is 0.261 e. The van der Waals surface area contributed by atoms with Crippen LogP contribution in [0.1, 0.15) is 29.6 Å². The van der Waals surface area contributed by atoms with E-state index < -0.39 is 0 Å². The minimum Gasteiger partial charge on any atom is -0.389 e. The van der Waals surface area contributed by atoms with Crippen LogP contribution in [0.25, 0.3) is 0 Å². The summed E-state index contributed by atoms with van der Waals surface area (Å²) in [5, 5.41) is 4.39. The standard InChI is InChI=1S/C14H18N4OS/c1-4-18-11(7-9(2)16-18)8-17-10(3)5-6-12(13(15)20)14(17)19/h5-7H,4,8H2,1-3H3,(H2,15,20). The van der Waals surface area contributed by atoms with E-state index in [1.54, 1.807) is 10.6 Å². The molecular formula is C14H18N4OS.